The summed E-state index contributed by atoms with van der Waals surface area (Å²) >= 11 is 0. The third kappa shape index (κ3) is 6.33. The van der Waals surface area contributed by atoms with Gasteiger partial charge in [-0.15, -0.1) is 0 Å². The maximum Gasteiger partial charge on any atom is 0.330 e. The molecule has 2 N–H and O–H groups in total. The number of carbonyl (C=O) groups is 2. The van der Waals surface area contributed by atoms with Gasteiger partial charge in [0.25, 0.3) is 0 Å². The molecule has 27 heavy (non-hydrogen) atoms. The first kappa shape index (κ1) is 20.3. The molecular formula is C21H25NO5. The molecule has 0 fully saturated rings. The Bertz CT molecular complexity index is 753. The van der Waals surface area contributed by atoms with E-state index >= 15 is 0 Å². The van der Waals surface area contributed by atoms with Crippen LogP contribution in [-0.4, -0.2) is 30.7 Å². The highest BCUT2D eigenvalue weighted by atomic mass is 16.5. The molecule has 0 bridgehead atoms. The Kier molecular flexibility index (Phi) is 7.23. The molecule has 0 saturated heterocycles. The van der Waals surface area contributed by atoms with Gasteiger partial charge < -0.3 is 19.9 Å². The summed E-state index contributed by atoms with van der Waals surface area (Å²) < 4.78 is 10.7. The molecule has 1 unspecified atom stereocenters. The summed E-state index contributed by atoms with van der Waals surface area (Å²) in [5.74, 6) is 0.310. The fourth-order valence-electron chi connectivity index (χ4n) is 2.45. The van der Waals surface area contributed by atoms with E-state index in [-0.39, 0.29) is 12.3 Å². The molecule has 0 aliphatic carbocycles. The number of hydrogen-bond acceptors (Lipinski definition) is 4. The number of rotatable bonds is 9. The van der Waals surface area contributed by atoms with E-state index in [0.717, 1.165) is 11.3 Å². The average molecular weight is 371 g/mol. The Hall–Kier alpha value is -3.02. The highest BCUT2D eigenvalue weighted by Gasteiger charge is 2.22. The van der Waals surface area contributed by atoms with E-state index in [9.17, 15) is 14.7 Å². The predicted molar refractivity (Wildman–Crippen MR) is 102 cm³/mol. The van der Waals surface area contributed by atoms with Crippen LogP contribution in [-0.2, 0) is 16.0 Å². The Labute approximate surface area is 159 Å². The first-order valence-electron chi connectivity index (χ1n) is 8.77. The topological polar surface area (TPSA) is 84.9 Å². The normalized spacial score (nSPS) is 11.7. The Morgan fingerprint density at radius 1 is 1.00 bits per heavy atom. The molecule has 0 saturated carbocycles. The van der Waals surface area contributed by atoms with Crippen LogP contribution >= 0.6 is 0 Å². The number of carboxylic acid groups (broad SMARTS) is 1. The molecule has 2 aromatic rings. The Balaban J connectivity index is 1.98. The second-order valence-electron chi connectivity index (χ2n) is 6.64. The summed E-state index contributed by atoms with van der Waals surface area (Å²) in [6.45, 7) is 4.77. The highest BCUT2D eigenvalue weighted by Crippen LogP contribution is 2.19. The lowest BCUT2D eigenvalue weighted by Gasteiger charge is -2.15. The monoisotopic (exact) mass is 371 g/mol. The van der Waals surface area contributed by atoms with Gasteiger partial charge >= 0.3 is 5.97 Å². The summed E-state index contributed by atoms with van der Waals surface area (Å²) in [7, 11) is 1.53. The van der Waals surface area contributed by atoms with Crippen LogP contribution in [0.25, 0.3) is 0 Å². The van der Waals surface area contributed by atoms with E-state index in [2.05, 4.69) is 19.2 Å². The fraction of sp³-hybridized carbons (Fsp3) is 0.333. The van der Waals surface area contributed by atoms with Crippen LogP contribution in [0.5, 0.6) is 11.5 Å². The van der Waals surface area contributed by atoms with E-state index in [1.165, 1.54) is 7.11 Å². The lowest BCUT2D eigenvalue weighted by atomic mass is 10.1. The number of benzene rings is 2. The SMILES string of the molecule is COc1ccc(C(NC(=O)Cc2ccc(OCC(C)C)cc2)C(=O)O)cc1. The van der Waals surface area contributed by atoms with Gasteiger partial charge in [-0.3, -0.25) is 4.79 Å². The first-order valence-corrected chi connectivity index (χ1v) is 8.77. The summed E-state index contributed by atoms with van der Waals surface area (Å²) in [5.41, 5.74) is 1.26. The lowest BCUT2D eigenvalue weighted by Crippen LogP contribution is -2.34. The fourth-order valence-corrected chi connectivity index (χ4v) is 2.45. The van der Waals surface area contributed by atoms with Crippen molar-refractivity contribution < 1.29 is 24.2 Å². The molecule has 0 radical (unpaired) electrons. The van der Waals surface area contributed by atoms with Crippen molar-refractivity contribution in [1.29, 1.82) is 0 Å². The maximum absolute atomic E-state index is 12.3. The van der Waals surface area contributed by atoms with Gasteiger partial charge in [-0.25, -0.2) is 4.79 Å². The molecule has 0 heterocycles. The van der Waals surface area contributed by atoms with Gasteiger partial charge in [0.1, 0.15) is 11.5 Å². The molecule has 2 rings (SSSR count). The van der Waals surface area contributed by atoms with E-state index < -0.39 is 12.0 Å². The van der Waals surface area contributed by atoms with Crippen molar-refractivity contribution in [3.63, 3.8) is 0 Å². The molecule has 2 aromatic carbocycles. The highest BCUT2D eigenvalue weighted by molar-refractivity contribution is 5.85. The first-order chi connectivity index (χ1) is 12.9. The van der Waals surface area contributed by atoms with E-state index in [1.807, 2.05) is 12.1 Å². The number of hydrogen-bond donors (Lipinski definition) is 2. The number of carbonyl (C=O) groups excluding carboxylic acids is 1. The third-order valence-corrected chi connectivity index (χ3v) is 3.87. The minimum absolute atomic E-state index is 0.0877. The van der Waals surface area contributed by atoms with Crippen molar-refractivity contribution >= 4 is 11.9 Å². The van der Waals surface area contributed by atoms with Crippen molar-refractivity contribution in [2.24, 2.45) is 5.92 Å². The van der Waals surface area contributed by atoms with Gasteiger partial charge in [-0.1, -0.05) is 38.1 Å². The average Bonchev–Trinajstić information content (AvgIpc) is 2.65. The van der Waals surface area contributed by atoms with Crippen LogP contribution in [0, 0.1) is 5.92 Å². The zero-order chi connectivity index (χ0) is 19.8. The largest absolute Gasteiger partial charge is 0.497 e. The molecule has 0 aliphatic rings. The van der Waals surface area contributed by atoms with Crippen molar-refractivity contribution in [3.8, 4) is 11.5 Å². The number of methoxy groups -OCH3 is 1. The Morgan fingerprint density at radius 2 is 1.59 bits per heavy atom. The summed E-state index contributed by atoms with van der Waals surface area (Å²) in [4.78, 5) is 23.8. The summed E-state index contributed by atoms with van der Waals surface area (Å²) in [6.07, 6.45) is 0.0877. The predicted octanol–water partition coefficient (Wildman–Crippen LogP) is 3.21. The quantitative estimate of drug-likeness (QED) is 0.707. The molecule has 1 amide bonds. The number of nitrogens with one attached hydrogen (secondary N) is 1. The second kappa shape index (κ2) is 9.62. The van der Waals surface area contributed by atoms with Gasteiger partial charge in [0.05, 0.1) is 20.1 Å². The van der Waals surface area contributed by atoms with E-state index in [4.69, 9.17) is 9.47 Å². The summed E-state index contributed by atoms with van der Waals surface area (Å²) in [5, 5.41) is 12.0. The molecule has 0 spiro atoms. The smallest absolute Gasteiger partial charge is 0.330 e. The zero-order valence-electron chi connectivity index (χ0n) is 15.8. The van der Waals surface area contributed by atoms with Crippen molar-refractivity contribution in [2.45, 2.75) is 26.3 Å². The lowest BCUT2D eigenvalue weighted by molar-refractivity contribution is -0.141. The Morgan fingerprint density at radius 3 is 2.11 bits per heavy atom. The molecule has 1 atom stereocenters. The van der Waals surface area contributed by atoms with Gasteiger partial charge in [-0.05, 0) is 41.3 Å². The molecule has 144 valence electrons. The van der Waals surface area contributed by atoms with Crippen LogP contribution in [0.15, 0.2) is 48.5 Å². The van der Waals surface area contributed by atoms with Crippen LogP contribution < -0.4 is 14.8 Å². The molecule has 0 aromatic heterocycles. The molecular weight excluding hydrogens is 346 g/mol. The molecule has 0 aliphatic heterocycles. The van der Waals surface area contributed by atoms with Crippen molar-refractivity contribution in [2.75, 3.05) is 13.7 Å². The van der Waals surface area contributed by atoms with Gasteiger partial charge in [0.2, 0.25) is 5.91 Å². The van der Waals surface area contributed by atoms with Crippen molar-refractivity contribution in [1.82, 2.24) is 5.32 Å². The number of amides is 1. The van der Waals surface area contributed by atoms with Gasteiger partial charge in [-0.2, -0.15) is 0 Å². The van der Waals surface area contributed by atoms with Crippen LogP contribution in [0.2, 0.25) is 0 Å². The second-order valence-corrected chi connectivity index (χ2v) is 6.64. The van der Waals surface area contributed by atoms with Gasteiger partial charge in [0, 0.05) is 0 Å². The van der Waals surface area contributed by atoms with Crippen LogP contribution in [0.1, 0.15) is 31.0 Å². The van der Waals surface area contributed by atoms with Crippen LogP contribution in [0.4, 0.5) is 0 Å². The number of aliphatic carboxylic acids is 1. The standard InChI is InChI=1S/C21H25NO5/c1-14(2)13-27-18-8-4-15(5-9-18)12-19(23)22-20(21(24)25)16-6-10-17(26-3)11-7-16/h4-11,14,20H,12-13H2,1-3H3,(H,22,23)(H,24,25). The third-order valence-electron chi connectivity index (χ3n) is 3.87. The summed E-state index contributed by atoms with van der Waals surface area (Å²) in [6, 6.07) is 12.7. The zero-order valence-corrected chi connectivity index (χ0v) is 15.8. The van der Waals surface area contributed by atoms with E-state index in [1.54, 1.807) is 36.4 Å². The van der Waals surface area contributed by atoms with Crippen molar-refractivity contribution in [3.05, 3.63) is 59.7 Å². The van der Waals surface area contributed by atoms with Gasteiger partial charge in [0.15, 0.2) is 6.04 Å². The molecule has 6 heteroatoms. The number of carboxylic acids is 1. The van der Waals surface area contributed by atoms with E-state index in [0.29, 0.717) is 23.8 Å². The minimum atomic E-state index is -1.12. The maximum atomic E-state index is 12.3. The minimum Gasteiger partial charge on any atom is -0.497 e. The molecule has 6 nitrogen and oxygen atoms in total. The van der Waals surface area contributed by atoms with Crippen LogP contribution in [0.3, 0.4) is 0 Å². The number of ether oxygens (including phenoxy) is 2.